The van der Waals surface area contributed by atoms with Gasteiger partial charge in [-0.1, -0.05) is 35.0 Å². The predicted octanol–water partition coefficient (Wildman–Crippen LogP) is 4.50. The van der Waals surface area contributed by atoms with Gasteiger partial charge in [0, 0.05) is 22.0 Å². The van der Waals surface area contributed by atoms with Gasteiger partial charge in [-0.2, -0.15) is 0 Å². The van der Waals surface area contributed by atoms with E-state index in [1.165, 1.54) is 22.9 Å². The summed E-state index contributed by atoms with van der Waals surface area (Å²) < 4.78 is 1.19. The van der Waals surface area contributed by atoms with Crippen LogP contribution < -0.4 is 5.32 Å². The Labute approximate surface area is 119 Å². The van der Waals surface area contributed by atoms with Crippen LogP contribution in [0.4, 0.5) is 0 Å². The Morgan fingerprint density at radius 1 is 1.39 bits per heavy atom. The molecule has 0 saturated heterocycles. The molecule has 2 unspecified atom stereocenters. The van der Waals surface area contributed by atoms with Crippen molar-refractivity contribution in [3.05, 3.63) is 34.3 Å². The van der Waals surface area contributed by atoms with Crippen molar-refractivity contribution in [1.82, 2.24) is 5.32 Å². The van der Waals surface area contributed by atoms with Crippen LogP contribution in [-0.4, -0.2) is 12.1 Å². The summed E-state index contributed by atoms with van der Waals surface area (Å²) in [5.41, 5.74) is 2.00. The Balaban J connectivity index is 2.22. The molecular weight excluding hydrogens is 286 g/mol. The summed E-state index contributed by atoms with van der Waals surface area (Å²) in [5.74, 6) is 0.765. The minimum atomic E-state index is 0.189. The number of benzene rings is 1. The van der Waals surface area contributed by atoms with Gasteiger partial charge in [0.1, 0.15) is 0 Å². The van der Waals surface area contributed by atoms with Gasteiger partial charge in [-0.05, 0) is 57.2 Å². The molecule has 1 N–H and O–H groups in total. The van der Waals surface area contributed by atoms with Crippen LogP contribution in [0.5, 0.6) is 0 Å². The van der Waals surface area contributed by atoms with Gasteiger partial charge in [-0.15, -0.1) is 0 Å². The average molecular weight is 310 g/mol. The highest BCUT2D eigenvalue weighted by Gasteiger charge is 2.45. The van der Waals surface area contributed by atoms with Crippen molar-refractivity contribution in [1.29, 1.82) is 0 Å². The van der Waals surface area contributed by atoms with Crippen molar-refractivity contribution in [2.75, 3.05) is 6.54 Å². The van der Waals surface area contributed by atoms with Gasteiger partial charge in [0.15, 0.2) is 0 Å². The summed E-state index contributed by atoms with van der Waals surface area (Å²) in [6, 6.07) is 8.84. The Morgan fingerprint density at radius 3 is 2.56 bits per heavy atom. The molecular formula is C16H24BrN. The third-order valence-electron chi connectivity index (χ3n) is 4.30. The van der Waals surface area contributed by atoms with E-state index in [1.807, 2.05) is 0 Å². The normalized spacial score (nSPS) is 27.9. The second-order valence-corrected chi connectivity index (χ2v) is 7.63. The Hall–Kier alpha value is -0.340. The van der Waals surface area contributed by atoms with Crippen LogP contribution in [0.1, 0.15) is 46.1 Å². The molecule has 2 heteroatoms. The summed E-state index contributed by atoms with van der Waals surface area (Å²) >= 11 is 3.60. The van der Waals surface area contributed by atoms with Gasteiger partial charge in [0.05, 0.1) is 0 Å². The number of rotatable bonds is 3. The molecule has 0 amide bonds. The molecule has 100 valence electrons. The molecule has 2 rings (SSSR count). The van der Waals surface area contributed by atoms with E-state index < -0.39 is 0 Å². The van der Waals surface area contributed by atoms with Crippen molar-refractivity contribution in [2.45, 2.75) is 51.5 Å². The lowest BCUT2D eigenvalue weighted by atomic mass is 9.57. The van der Waals surface area contributed by atoms with Gasteiger partial charge < -0.3 is 5.32 Å². The fourth-order valence-corrected chi connectivity index (χ4v) is 3.20. The fourth-order valence-electron chi connectivity index (χ4n) is 2.80. The topological polar surface area (TPSA) is 12.0 Å². The summed E-state index contributed by atoms with van der Waals surface area (Å²) in [6.45, 7) is 10.2. The summed E-state index contributed by atoms with van der Waals surface area (Å²) in [6.07, 6.45) is 2.64. The van der Waals surface area contributed by atoms with Gasteiger partial charge in [-0.3, -0.25) is 0 Å². The van der Waals surface area contributed by atoms with Gasteiger partial charge >= 0.3 is 0 Å². The summed E-state index contributed by atoms with van der Waals surface area (Å²) in [7, 11) is 0. The Kier molecular flexibility index (Phi) is 3.89. The van der Waals surface area contributed by atoms with Crippen molar-refractivity contribution < 1.29 is 0 Å². The number of hydrogen-bond donors (Lipinski definition) is 1. The molecule has 2 atom stereocenters. The minimum absolute atomic E-state index is 0.189. The molecule has 1 aliphatic carbocycles. The summed E-state index contributed by atoms with van der Waals surface area (Å²) in [4.78, 5) is 0. The van der Waals surface area contributed by atoms with Crippen molar-refractivity contribution >= 4 is 15.9 Å². The maximum Gasteiger partial charge on any atom is 0.0178 e. The molecule has 0 heterocycles. The molecule has 0 bridgehead atoms. The maximum absolute atomic E-state index is 3.70. The fraction of sp³-hybridized carbons (Fsp3) is 0.625. The number of halogens is 1. The molecule has 1 aromatic rings. The minimum Gasteiger partial charge on any atom is -0.311 e. The van der Waals surface area contributed by atoms with Crippen molar-refractivity contribution in [2.24, 2.45) is 5.92 Å². The predicted molar refractivity (Wildman–Crippen MR) is 82.0 cm³/mol. The molecule has 1 nitrogen and oxygen atoms in total. The largest absolute Gasteiger partial charge is 0.311 e. The molecule has 1 aromatic carbocycles. The molecule has 0 aliphatic heterocycles. The van der Waals surface area contributed by atoms with Gasteiger partial charge in [0.25, 0.3) is 0 Å². The molecule has 1 fully saturated rings. The molecule has 0 radical (unpaired) electrons. The highest BCUT2D eigenvalue weighted by atomic mass is 79.9. The third kappa shape index (κ3) is 2.80. The van der Waals surface area contributed by atoms with Crippen LogP contribution in [0.15, 0.2) is 28.7 Å². The molecule has 1 aliphatic rings. The highest BCUT2D eigenvalue weighted by molar-refractivity contribution is 9.10. The standard InChI is InChI=1S/C16H24BrN/c1-12-8-9-16(12,11-18-15(2,3)4)13-6-5-7-14(17)10-13/h5-7,10,12,18H,8-9,11H2,1-4H3. The quantitative estimate of drug-likeness (QED) is 0.866. The third-order valence-corrected chi connectivity index (χ3v) is 4.79. The van der Waals surface area contributed by atoms with Crippen LogP contribution in [0.2, 0.25) is 0 Å². The lowest BCUT2D eigenvalue weighted by Gasteiger charge is -2.50. The molecule has 0 spiro atoms. The molecule has 1 saturated carbocycles. The number of nitrogens with one attached hydrogen (secondary N) is 1. The number of hydrogen-bond acceptors (Lipinski definition) is 1. The van der Waals surface area contributed by atoms with Gasteiger partial charge in [0.2, 0.25) is 0 Å². The van der Waals surface area contributed by atoms with Crippen LogP contribution >= 0.6 is 15.9 Å². The Morgan fingerprint density at radius 2 is 2.11 bits per heavy atom. The van der Waals surface area contributed by atoms with E-state index in [-0.39, 0.29) is 5.54 Å². The first kappa shape index (κ1) is 14.1. The zero-order valence-corrected chi connectivity index (χ0v) is 13.5. The lowest BCUT2D eigenvalue weighted by Crippen LogP contribution is -2.53. The van der Waals surface area contributed by atoms with Crippen molar-refractivity contribution in [3.63, 3.8) is 0 Å². The van der Waals surface area contributed by atoms with Gasteiger partial charge in [-0.25, -0.2) is 0 Å². The van der Waals surface area contributed by atoms with E-state index in [0.29, 0.717) is 5.41 Å². The lowest BCUT2D eigenvalue weighted by molar-refractivity contribution is 0.124. The van der Waals surface area contributed by atoms with E-state index >= 15 is 0 Å². The maximum atomic E-state index is 3.70. The van der Waals surface area contributed by atoms with E-state index in [1.54, 1.807) is 0 Å². The van der Waals surface area contributed by atoms with E-state index in [0.717, 1.165) is 12.5 Å². The second-order valence-electron chi connectivity index (χ2n) is 6.71. The monoisotopic (exact) mass is 309 g/mol. The first-order valence-electron chi connectivity index (χ1n) is 6.85. The van der Waals surface area contributed by atoms with Crippen LogP contribution in [0.25, 0.3) is 0 Å². The van der Waals surface area contributed by atoms with E-state index in [4.69, 9.17) is 0 Å². The van der Waals surface area contributed by atoms with E-state index in [9.17, 15) is 0 Å². The summed E-state index contributed by atoms with van der Waals surface area (Å²) in [5, 5.41) is 3.70. The molecule has 0 aromatic heterocycles. The SMILES string of the molecule is CC1CCC1(CNC(C)(C)C)c1cccc(Br)c1. The molecule has 18 heavy (non-hydrogen) atoms. The zero-order chi connectivity index (χ0) is 13.4. The highest BCUT2D eigenvalue weighted by Crippen LogP contribution is 2.48. The van der Waals surface area contributed by atoms with Crippen LogP contribution in [0, 0.1) is 5.92 Å². The Bertz CT molecular complexity index is 421. The van der Waals surface area contributed by atoms with Crippen molar-refractivity contribution in [3.8, 4) is 0 Å². The van der Waals surface area contributed by atoms with Crippen LogP contribution in [-0.2, 0) is 5.41 Å². The van der Waals surface area contributed by atoms with E-state index in [2.05, 4.69) is 73.2 Å². The average Bonchev–Trinajstić information content (AvgIpc) is 2.26. The first-order chi connectivity index (χ1) is 8.33. The second kappa shape index (κ2) is 4.97. The zero-order valence-electron chi connectivity index (χ0n) is 11.9. The smallest absolute Gasteiger partial charge is 0.0178 e. The van der Waals surface area contributed by atoms with Crippen LogP contribution in [0.3, 0.4) is 0 Å². The first-order valence-corrected chi connectivity index (χ1v) is 7.64.